The second-order valence-corrected chi connectivity index (χ2v) is 4.81. The van der Waals surface area contributed by atoms with Gasteiger partial charge in [-0.2, -0.15) is 5.10 Å². The van der Waals surface area contributed by atoms with Crippen LogP contribution in [0.5, 0.6) is 5.75 Å². The highest BCUT2D eigenvalue weighted by Gasteiger charge is 2.01. The van der Waals surface area contributed by atoms with E-state index in [9.17, 15) is 4.79 Å². The summed E-state index contributed by atoms with van der Waals surface area (Å²) in [6.07, 6.45) is 1.84. The lowest BCUT2D eigenvalue weighted by Gasteiger charge is -2.01. The van der Waals surface area contributed by atoms with Crippen molar-refractivity contribution in [3.05, 3.63) is 64.7 Å². The lowest BCUT2D eigenvalue weighted by Crippen LogP contribution is -2.19. The van der Waals surface area contributed by atoms with Crippen LogP contribution in [0.15, 0.2) is 53.6 Å². The normalized spacial score (nSPS) is 10.6. The molecule has 1 amide bonds. The summed E-state index contributed by atoms with van der Waals surface area (Å²) in [5.41, 5.74) is 4.25. The summed E-state index contributed by atoms with van der Waals surface area (Å²) in [7, 11) is 1.61. The Bertz CT molecular complexity index is 622. The van der Waals surface area contributed by atoms with Crippen LogP contribution < -0.4 is 10.2 Å². The monoisotopic (exact) mass is 302 g/mol. The molecule has 0 saturated heterocycles. The Morgan fingerprint density at radius 1 is 1.19 bits per heavy atom. The SMILES string of the molecule is COc1ccc(C=NNC(=O)Cc2ccc(Cl)cc2)cc1. The number of rotatable bonds is 5. The molecule has 0 heterocycles. The van der Waals surface area contributed by atoms with E-state index in [0.717, 1.165) is 16.9 Å². The van der Waals surface area contributed by atoms with Gasteiger partial charge in [-0.3, -0.25) is 4.79 Å². The second kappa shape index (κ2) is 7.45. The van der Waals surface area contributed by atoms with Crippen LogP contribution in [0.2, 0.25) is 5.02 Å². The highest BCUT2D eigenvalue weighted by atomic mass is 35.5. The number of benzene rings is 2. The van der Waals surface area contributed by atoms with E-state index in [1.54, 1.807) is 25.5 Å². The van der Waals surface area contributed by atoms with Gasteiger partial charge in [-0.1, -0.05) is 23.7 Å². The fourth-order valence-corrected chi connectivity index (χ4v) is 1.82. The van der Waals surface area contributed by atoms with Gasteiger partial charge in [0.15, 0.2) is 0 Å². The maximum atomic E-state index is 11.7. The van der Waals surface area contributed by atoms with Crippen molar-refractivity contribution in [2.24, 2.45) is 5.10 Å². The van der Waals surface area contributed by atoms with Crippen LogP contribution in [-0.4, -0.2) is 19.2 Å². The smallest absolute Gasteiger partial charge is 0.244 e. The number of nitrogens with zero attached hydrogens (tertiary/aromatic N) is 1. The molecule has 0 fully saturated rings. The first-order valence-electron chi connectivity index (χ1n) is 6.38. The average molecular weight is 303 g/mol. The van der Waals surface area contributed by atoms with Crippen LogP contribution in [0.4, 0.5) is 0 Å². The third-order valence-electron chi connectivity index (χ3n) is 2.80. The van der Waals surface area contributed by atoms with Crippen LogP contribution in [0.3, 0.4) is 0 Å². The molecule has 0 aliphatic carbocycles. The molecular weight excluding hydrogens is 288 g/mol. The van der Waals surface area contributed by atoms with Gasteiger partial charge in [0.05, 0.1) is 19.7 Å². The highest BCUT2D eigenvalue weighted by Crippen LogP contribution is 2.10. The minimum absolute atomic E-state index is 0.179. The predicted octanol–water partition coefficient (Wildman–Crippen LogP) is 3.04. The lowest BCUT2D eigenvalue weighted by molar-refractivity contribution is -0.120. The molecule has 0 aliphatic rings. The Balaban J connectivity index is 1.85. The third-order valence-corrected chi connectivity index (χ3v) is 3.05. The zero-order chi connectivity index (χ0) is 15.1. The molecule has 2 aromatic rings. The predicted molar refractivity (Wildman–Crippen MR) is 83.9 cm³/mol. The van der Waals surface area contributed by atoms with Crippen LogP contribution in [-0.2, 0) is 11.2 Å². The summed E-state index contributed by atoms with van der Waals surface area (Å²) in [5.74, 6) is 0.598. The van der Waals surface area contributed by atoms with E-state index >= 15 is 0 Å². The molecule has 0 saturated carbocycles. The first-order valence-corrected chi connectivity index (χ1v) is 6.75. The largest absolute Gasteiger partial charge is 0.497 e. The van der Waals surface area contributed by atoms with Gasteiger partial charge in [-0.15, -0.1) is 0 Å². The number of hydrogen-bond acceptors (Lipinski definition) is 3. The summed E-state index contributed by atoms with van der Waals surface area (Å²) in [6.45, 7) is 0. The molecule has 0 aliphatic heterocycles. The molecular formula is C16H15ClN2O2. The number of hydrogen-bond donors (Lipinski definition) is 1. The van der Waals surface area contributed by atoms with Gasteiger partial charge in [-0.05, 0) is 47.5 Å². The maximum absolute atomic E-state index is 11.7. The van der Waals surface area contributed by atoms with Crippen molar-refractivity contribution in [2.45, 2.75) is 6.42 Å². The number of amides is 1. The zero-order valence-corrected chi connectivity index (χ0v) is 12.3. The summed E-state index contributed by atoms with van der Waals surface area (Å²) in [5, 5.41) is 4.57. The van der Waals surface area contributed by atoms with Gasteiger partial charge in [0.1, 0.15) is 5.75 Å². The molecule has 0 aromatic heterocycles. The molecule has 2 rings (SSSR count). The Hall–Kier alpha value is -2.33. The van der Waals surface area contributed by atoms with Crippen molar-refractivity contribution in [1.82, 2.24) is 5.43 Å². The number of carbonyl (C=O) groups is 1. The molecule has 0 spiro atoms. The Morgan fingerprint density at radius 2 is 1.86 bits per heavy atom. The van der Waals surface area contributed by atoms with Gasteiger partial charge in [0, 0.05) is 5.02 Å². The standard InChI is InChI=1S/C16H15ClN2O2/c1-21-15-8-4-13(5-9-15)11-18-19-16(20)10-12-2-6-14(17)7-3-12/h2-9,11H,10H2,1H3,(H,19,20). The molecule has 0 unspecified atom stereocenters. The fourth-order valence-electron chi connectivity index (χ4n) is 1.70. The van der Waals surface area contributed by atoms with Gasteiger partial charge in [-0.25, -0.2) is 5.43 Å². The lowest BCUT2D eigenvalue weighted by atomic mass is 10.1. The van der Waals surface area contributed by atoms with Gasteiger partial charge in [0.2, 0.25) is 5.91 Å². The van der Waals surface area contributed by atoms with Crippen LogP contribution in [0.25, 0.3) is 0 Å². The van der Waals surface area contributed by atoms with Crippen LogP contribution in [0.1, 0.15) is 11.1 Å². The minimum Gasteiger partial charge on any atom is -0.497 e. The molecule has 0 atom stereocenters. The molecule has 0 radical (unpaired) electrons. The molecule has 4 nitrogen and oxygen atoms in total. The van der Waals surface area contributed by atoms with Gasteiger partial charge < -0.3 is 4.74 Å². The average Bonchev–Trinajstić information content (AvgIpc) is 2.50. The summed E-state index contributed by atoms with van der Waals surface area (Å²) in [4.78, 5) is 11.7. The summed E-state index contributed by atoms with van der Waals surface area (Å²) in [6, 6.07) is 14.5. The topological polar surface area (TPSA) is 50.7 Å². The fraction of sp³-hybridized carbons (Fsp3) is 0.125. The van der Waals surface area contributed by atoms with Crippen molar-refractivity contribution in [3.8, 4) is 5.75 Å². The first-order chi connectivity index (χ1) is 10.2. The second-order valence-electron chi connectivity index (χ2n) is 4.37. The molecule has 0 bridgehead atoms. The van der Waals surface area contributed by atoms with Crippen molar-refractivity contribution in [3.63, 3.8) is 0 Å². The van der Waals surface area contributed by atoms with E-state index in [1.807, 2.05) is 36.4 Å². The number of carbonyl (C=O) groups excluding carboxylic acids is 1. The molecule has 5 heteroatoms. The number of halogens is 1. The number of nitrogens with one attached hydrogen (secondary N) is 1. The summed E-state index contributed by atoms with van der Waals surface area (Å²) >= 11 is 5.79. The molecule has 1 N–H and O–H groups in total. The Labute approximate surface area is 128 Å². The quantitative estimate of drug-likeness (QED) is 0.682. The van der Waals surface area contributed by atoms with Crippen molar-refractivity contribution in [2.75, 3.05) is 7.11 Å². The minimum atomic E-state index is -0.179. The van der Waals surface area contributed by atoms with Crippen LogP contribution >= 0.6 is 11.6 Å². The number of hydrazone groups is 1. The van der Waals surface area contributed by atoms with Crippen molar-refractivity contribution in [1.29, 1.82) is 0 Å². The Kier molecular flexibility index (Phi) is 5.35. The van der Waals surface area contributed by atoms with Gasteiger partial charge >= 0.3 is 0 Å². The van der Waals surface area contributed by atoms with E-state index in [0.29, 0.717) is 5.02 Å². The van der Waals surface area contributed by atoms with E-state index < -0.39 is 0 Å². The molecule has 2 aromatic carbocycles. The van der Waals surface area contributed by atoms with Gasteiger partial charge in [0.25, 0.3) is 0 Å². The first kappa shape index (κ1) is 15.1. The van der Waals surface area contributed by atoms with E-state index in [4.69, 9.17) is 16.3 Å². The van der Waals surface area contributed by atoms with E-state index in [-0.39, 0.29) is 12.3 Å². The number of methoxy groups -OCH3 is 1. The van der Waals surface area contributed by atoms with E-state index in [1.165, 1.54) is 0 Å². The van der Waals surface area contributed by atoms with E-state index in [2.05, 4.69) is 10.5 Å². The molecule has 21 heavy (non-hydrogen) atoms. The zero-order valence-electron chi connectivity index (χ0n) is 11.5. The van der Waals surface area contributed by atoms with Crippen molar-refractivity contribution >= 4 is 23.7 Å². The number of ether oxygens (including phenoxy) is 1. The highest BCUT2D eigenvalue weighted by molar-refractivity contribution is 6.30. The third kappa shape index (κ3) is 4.93. The maximum Gasteiger partial charge on any atom is 0.244 e. The summed E-state index contributed by atoms with van der Waals surface area (Å²) < 4.78 is 5.06. The van der Waals surface area contributed by atoms with Crippen LogP contribution in [0, 0.1) is 0 Å². The Morgan fingerprint density at radius 3 is 2.48 bits per heavy atom. The van der Waals surface area contributed by atoms with Crippen molar-refractivity contribution < 1.29 is 9.53 Å². The molecule has 108 valence electrons.